The molecule has 0 spiro atoms. The van der Waals surface area contributed by atoms with Crippen molar-refractivity contribution in [1.82, 2.24) is 4.98 Å². The number of halogens is 1. The molecule has 38 heavy (non-hydrogen) atoms. The first-order chi connectivity index (χ1) is 18.2. The molecule has 3 aromatic carbocycles. The number of aryl methyl sites for hydroxylation is 1. The number of Topliss-reactive ketones (excluding diaryl/α,β-unsaturated/α-hetero) is 1. The van der Waals surface area contributed by atoms with Crippen LogP contribution in [0.4, 0.5) is 10.1 Å². The number of allylic oxidation sites excluding steroid dienone is 3. The van der Waals surface area contributed by atoms with Crippen LogP contribution < -0.4 is 5.32 Å². The molecule has 1 aromatic heterocycles. The van der Waals surface area contributed by atoms with Gasteiger partial charge in [-0.25, -0.2) is 4.39 Å². The Bertz CT molecular complexity index is 1350. The molecule has 4 aromatic rings. The Labute approximate surface area is 224 Å². The Morgan fingerprint density at radius 2 is 1.61 bits per heavy atom. The van der Waals surface area contributed by atoms with Crippen molar-refractivity contribution in [3.05, 3.63) is 115 Å². The number of aromatic amines is 1. The lowest BCUT2D eigenvalue weighted by Gasteiger charge is -2.00. The van der Waals surface area contributed by atoms with Crippen LogP contribution in [0, 0.1) is 18.2 Å². The van der Waals surface area contributed by atoms with Gasteiger partial charge in [0.15, 0.2) is 5.78 Å². The molecule has 5 nitrogen and oxygen atoms in total. The van der Waals surface area contributed by atoms with Crippen molar-refractivity contribution in [2.75, 3.05) is 5.32 Å². The SMILES string of the molecule is C=C/C=C\C(C)=N.CC.CC(=O)c1ccc(F)cc1.Cc1ccc2[nH]c(-c3ccc(NC=O)cc3)cc2c1. The van der Waals surface area contributed by atoms with Crippen LogP contribution in [-0.2, 0) is 4.79 Å². The average Bonchev–Trinajstić information content (AvgIpc) is 3.33. The molecule has 3 N–H and O–H groups in total. The number of amides is 1. The molecule has 4 rings (SSSR count). The van der Waals surface area contributed by atoms with Crippen molar-refractivity contribution in [3.8, 4) is 11.3 Å². The lowest BCUT2D eigenvalue weighted by atomic mass is 10.1. The number of nitrogens with one attached hydrogen (secondary N) is 3. The van der Waals surface area contributed by atoms with Gasteiger partial charge in [-0.15, -0.1) is 0 Å². The molecule has 198 valence electrons. The minimum absolute atomic E-state index is 0.0417. The third kappa shape index (κ3) is 11.0. The summed E-state index contributed by atoms with van der Waals surface area (Å²) in [7, 11) is 0. The maximum absolute atomic E-state index is 12.2. The molecule has 0 aliphatic rings. The average molecular weight is 514 g/mol. The normalized spacial score (nSPS) is 9.63. The molecular formula is C32H36FN3O2. The van der Waals surface area contributed by atoms with Crippen molar-refractivity contribution in [2.45, 2.75) is 34.6 Å². The number of rotatable bonds is 6. The molecule has 0 saturated carbocycles. The quantitative estimate of drug-likeness (QED) is 0.104. The van der Waals surface area contributed by atoms with Gasteiger partial charge in [0.25, 0.3) is 0 Å². The lowest BCUT2D eigenvalue weighted by Crippen LogP contribution is -1.92. The highest BCUT2D eigenvalue weighted by Gasteiger charge is 2.03. The van der Waals surface area contributed by atoms with Crippen molar-refractivity contribution >= 4 is 34.5 Å². The first kappa shape index (κ1) is 31.4. The van der Waals surface area contributed by atoms with E-state index in [0.29, 0.717) is 17.7 Å². The fourth-order valence-corrected chi connectivity index (χ4v) is 3.12. The van der Waals surface area contributed by atoms with E-state index in [-0.39, 0.29) is 11.6 Å². The molecule has 1 heterocycles. The number of fused-ring (bicyclic) bond motifs is 1. The fourth-order valence-electron chi connectivity index (χ4n) is 3.12. The van der Waals surface area contributed by atoms with Crippen molar-refractivity contribution < 1.29 is 14.0 Å². The predicted octanol–water partition coefficient (Wildman–Crippen LogP) is 8.53. The number of benzene rings is 3. The second-order valence-corrected chi connectivity index (χ2v) is 7.95. The molecule has 6 heteroatoms. The van der Waals surface area contributed by atoms with E-state index in [2.05, 4.69) is 48.1 Å². The number of carbonyl (C=O) groups excluding carboxylic acids is 2. The Balaban J connectivity index is 0.000000320. The van der Waals surface area contributed by atoms with E-state index in [0.717, 1.165) is 22.5 Å². The minimum Gasteiger partial charge on any atom is -0.355 e. The molecule has 0 bridgehead atoms. The van der Waals surface area contributed by atoms with Gasteiger partial charge >= 0.3 is 0 Å². The van der Waals surface area contributed by atoms with E-state index in [9.17, 15) is 14.0 Å². The molecular weight excluding hydrogens is 477 g/mol. The minimum atomic E-state index is -0.315. The van der Waals surface area contributed by atoms with Gasteiger partial charge in [0, 0.05) is 33.6 Å². The summed E-state index contributed by atoms with van der Waals surface area (Å²) in [6, 6.07) is 21.7. The highest BCUT2D eigenvalue weighted by Crippen LogP contribution is 2.25. The lowest BCUT2D eigenvalue weighted by molar-refractivity contribution is -0.105. The Hall–Kier alpha value is -4.58. The number of anilines is 1. The monoisotopic (exact) mass is 513 g/mol. The summed E-state index contributed by atoms with van der Waals surface area (Å²) in [5.74, 6) is -0.356. The van der Waals surface area contributed by atoms with Crippen LogP contribution in [0.5, 0.6) is 0 Å². The van der Waals surface area contributed by atoms with Crippen molar-refractivity contribution in [3.63, 3.8) is 0 Å². The molecule has 0 fully saturated rings. The van der Waals surface area contributed by atoms with Gasteiger partial charge in [0.1, 0.15) is 5.82 Å². The molecule has 0 saturated heterocycles. The highest BCUT2D eigenvalue weighted by atomic mass is 19.1. The van der Waals surface area contributed by atoms with Crippen LogP contribution in [0.25, 0.3) is 22.2 Å². The van der Waals surface area contributed by atoms with E-state index < -0.39 is 0 Å². The Morgan fingerprint density at radius 3 is 2.11 bits per heavy atom. The van der Waals surface area contributed by atoms with Crippen LogP contribution >= 0.6 is 0 Å². The first-order valence-electron chi connectivity index (χ1n) is 12.2. The van der Waals surface area contributed by atoms with Gasteiger partial charge in [-0.05, 0) is 87.0 Å². The van der Waals surface area contributed by atoms with Crippen LogP contribution in [0.2, 0.25) is 0 Å². The number of H-pyrrole nitrogens is 1. The highest BCUT2D eigenvalue weighted by molar-refractivity contribution is 5.94. The third-order valence-corrected chi connectivity index (χ3v) is 4.93. The summed E-state index contributed by atoms with van der Waals surface area (Å²) in [6.07, 6.45) is 5.76. The fraction of sp³-hybridized carbons (Fsp3) is 0.156. The number of hydrogen-bond acceptors (Lipinski definition) is 3. The van der Waals surface area contributed by atoms with Crippen LogP contribution in [-0.4, -0.2) is 22.9 Å². The summed E-state index contributed by atoms with van der Waals surface area (Å²) in [6.45, 7) is 12.7. The number of aromatic nitrogens is 1. The predicted molar refractivity (Wildman–Crippen MR) is 159 cm³/mol. The van der Waals surface area contributed by atoms with Gasteiger partial charge in [-0.3, -0.25) is 9.59 Å². The maximum atomic E-state index is 12.2. The number of carbonyl (C=O) groups is 2. The summed E-state index contributed by atoms with van der Waals surface area (Å²) in [4.78, 5) is 24.4. The molecule has 0 radical (unpaired) electrons. The van der Waals surface area contributed by atoms with Crippen molar-refractivity contribution in [1.29, 1.82) is 5.41 Å². The molecule has 0 aliphatic heterocycles. The van der Waals surface area contributed by atoms with Gasteiger partial charge < -0.3 is 15.7 Å². The van der Waals surface area contributed by atoms with E-state index >= 15 is 0 Å². The van der Waals surface area contributed by atoms with Gasteiger partial charge in [-0.2, -0.15) is 0 Å². The van der Waals surface area contributed by atoms with Crippen LogP contribution in [0.15, 0.2) is 97.6 Å². The van der Waals surface area contributed by atoms with Gasteiger partial charge in [-0.1, -0.05) is 56.3 Å². The zero-order valence-corrected chi connectivity index (χ0v) is 22.6. The maximum Gasteiger partial charge on any atom is 0.211 e. The smallest absolute Gasteiger partial charge is 0.211 e. The summed E-state index contributed by atoms with van der Waals surface area (Å²) in [5, 5.41) is 10.7. The largest absolute Gasteiger partial charge is 0.355 e. The summed E-state index contributed by atoms with van der Waals surface area (Å²) in [5.41, 5.74) is 6.47. The van der Waals surface area contributed by atoms with E-state index in [1.807, 2.05) is 38.1 Å². The number of hydrogen-bond donors (Lipinski definition) is 3. The van der Waals surface area contributed by atoms with Crippen molar-refractivity contribution in [2.24, 2.45) is 0 Å². The van der Waals surface area contributed by atoms with E-state index in [1.165, 1.54) is 42.1 Å². The number of ketones is 1. The molecule has 0 unspecified atom stereocenters. The Morgan fingerprint density at radius 1 is 0.974 bits per heavy atom. The zero-order valence-electron chi connectivity index (χ0n) is 22.6. The topological polar surface area (TPSA) is 85.8 Å². The summed E-state index contributed by atoms with van der Waals surface area (Å²) < 4.78 is 12.2. The van der Waals surface area contributed by atoms with Gasteiger partial charge in [0.2, 0.25) is 6.41 Å². The van der Waals surface area contributed by atoms with E-state index in [4.69, 9.17) is 5.41 Å². The van der Waals surface area contributed by atoms with Gasteiger partial charge in [0.05, 0.1) is 0 Å². The first-order valence-corrected chi connectivity index (χ1v) is 12.2. The molecule has 0 aliphatic carbocycles. The molecule has 0 atom stereocenters. The Kier molecular flexibility index (Phi) is 14.1. The van der Waals surface area contributed by atoms with E-state index in [1.54, 1.807) is 25.2 Å². The third-order valence-electron chi connectivity index (χ3n) is 4.93. The standard InChI is InChI=1S/C16H14N2O.C8H7FO.C6H9N.C2H6/c1-11-2-7-15-13(8-11)9-16(18-15)12-3-5-14(6-4-12)17-10-19;1-6(10)7-2-4-8(9)5-3-7;1-3-4-5-6(2)7;1-2/h2-10,18H,1H3,(H,17,19);2-5H,1H3;3-5,7H,1H2,2H3;1-2H3/b;;5-4-,7-6?;. The zero-order chi connectivity index (χ0) is 28.5. The molecule has 1 amide bonds. The summed E-state index contributed by atoms with van der Waals surface area (Å²) >= 11 is 0. The second-order valence-electron chi connectivity index (χ2n) is 7.95. The second kappa shape index (κ2) is 17.0. The van der Waals surface area contributed by atoms with Crippen LogP contribution in [0.3, 0.4) is 0 Å². The van der Waals surface area contributed by atoms with Crippen LogP contribution in [0.1, 0.15) is 43.6 Å².